The summed E-state index contributed by atoms with van der Waals surface area (Å²) < 4.78 is 26.1. The monoisotopic (exact) mass is 351 g/mol. The second-order valence-corrected chi connectivity index (χ2v) is 6.69. The second-order valence-electron chi connectivity index (χ2n) is 5.82. The van der Waals surface area contributed by atoms with Crippen molar-refractivity contribution in [1.82, 2.24) is 4.72 Å². The van der Waals surface area contributed by atoms with Crippen LogP contribution in [0, 0.1) is 0 Å². The van der Waals surface area contributed by atoms with Crippen LogP contribution in [0.1, 0.15) is 18.5 Å². The summed E-state index contributed by atoms with van der Waals surface area (Å²) in [5.74, 6) is 2.23. The highest BCUT2D eigenvalue weighted by atomic mass is 32.2. The van der Waals surface area contributed by atoms with E-state index in [1.165, 1.54) is 0 Å². The minimum absolute atomic E-state index is 0.0229. The molecule has 3 aromatic carbocycles. The molecule has 0 saturated heterocycles. The molecule has 4 rings (SSSR count). The molecule has 0 amide bonds. The normalized spacial score (nSPS) is 18.9. The molecule has 0 aromatic heterocycles. The minimum Gasteiger partial charge on any atom is -0.457 e. The maximum Gasteiger partial charge on any atom is 0.288 e. The van der Waals surface area contributed by atoms with E-state index < -0.39 is 11.3 Å². The van der Waals surface area contributed by atoms with Crippen molar-refractivity contribution < 1.29 is 13.1 Å². The topological polar surface area (TPSA) is 47.6 Å². The van der Waals surface area contributed by atoms with Crippen LogP contribution in [0.15, 0.2) is 72.8 Å². The van der Waals surface area contributed by atoms with Crippen LogP contribution in [0.5, 0.6) is 17.2 Å². The summed E-state index contributed by atoms with van der Waals surface area (Å²) in [4.78, 5) is 0. The fourth-order valence-corrected chi connectivity index (χ4v) is 3.65. The highest BCUT2D eigenvalue weighted by molar-refractivity contribution is 7.78. The molecule has 2 atom stereocenters. The molecule has 3 aromatic rings. The molecule has 0 spiro atoms. The van der Waals surface area contributed by atoms with Gasteiger partial charge in [0.05, 0.1) is 0 Å². The Labute approximate surface area is 149 Å². The standard InChI is InChI=1S/C20H17NO3S/c1-14-18-8-5-9-19(20(18)24-25(22)21-14)15-10-12-17(13-11-15)23-16-6-3-2-4-7-16/h2-14,21H,1H3. The quantitative estimate of drug-likeness (QED) is 0.739. The summed E-state index contributed by atoms with van der Waals surface area (Å²) in [6.07, 6.45) is 0. The summed E-state index contributed by atoms with van der Waals surface area (Å²) >= 11 is -1.52. The van der Waals surface area contributed by atoms with Crippen molar-refractivity contribution in [3.05, 3.63) is 78.4 Å². The average molecular weight is 351 g/mol. The zero-order valence-electron chi connectivity index (χ0n) is 13.6. The lowest BCUT2D eigenvalue weighted by Gasteiger charge is -2.24. The summed E-state index contributed by atoms with van der Waals surface area (Å²) in [6.45, 7) is 1.97. The average Bonchev–Trinajstić information content (AvgIpc) is 2.63. The molecule has 0 fully saturated rings. The van der Waals surface area contributed by atoms with Crippen molar-refractivity contribution >= 4 is 11.3 Å². The first-order valence-corrected chi connectivity index (χ1v) is 9.11. The molecule has 1 aliphatic rings. The Kier molecular flexibility index (Phi) is 4.26. The SMILES string of the molecule is CC1NS(=O)Oc2c(-c3ccc(Oc4ccccc4)cc3)cccc21. The van der Waals surface area contributed by atoms with Crippen molar-refractivity contribution in [2.45, 2.75) is 13.0 Å². The molecule has 5 heteroatoms. The highest BCUT2D eigenvalue weighted by Crippen LogP contribution is 2.39. The van der Waals surface area contributed by atoms with Gasteiger partial charge in [-0.1, -0.05) is 48.5 Å². The van der Waals surface area contributed by atoms with Gasteiger partial charge in [-0.05, 0) is 36.8 Å². The molecule has 1 N–H and O–H groups in total. The molecule has 0 saturated carbocycles. The third-order valence-electron chi connectivity index (χ3n) is 4.09. The predicted molar refractivity (Wildman–Crippen MR) is 98.7 cm³/mol. The van der Waals surface area contributed by atoms with Crippen molar-refractivity contribution in [3.8, 4) is 28.4 Å². The molecular weight excluding hydrogens is 334 g/mol. The van der Waals surface area contributed by atoms with Gasteiger partial charge in [0, 0.05) is 17.2 Å². The van der Waals surface area contributed by atoms with Crippen LogP contribution in [0.4, 0.5) is 0 Å². The lowest BCUT2D eigenvalue weighted by Crippen LogP contribution is -2.30. The van der Waals surface area contributed by atoms with Crippen molar-refractivity contribution in [2.75, 3.05) is 0 Å². The van der Waals surface area contributed by atoms with Crippen LogP contribution in [0.25, 0.3) is 11.1 Å². The first kappa shape index (κ1) is 15.9. The predicted octanol–water partition coefficient (Wildman–Crippen LogP) is 4.77. The van der Waals surface area contributed by atoms with Crippen LogP contribution in [-0.4, -0.2) is 4.21 Å². The van der Waals surface area contributed by atoms with Gasteiger partial charge in [0.25, 0.3) is 11.3 Å². The van der Waals surface area contributed by atoms with Gasteiger partial charge in [-0.3, -0.25) is 0 Å². The number of rotatable bonds is 3. The Hall–Kier alpha value is -2.63. The van der Waals surface area contributed by atoms with E-state index in [1.54, 1.807) is 0 Å². The smallest absolute Gasteiger partial charge is 0.288 e. The van der Waals surface area contributed by atoms with E-state index in [1.807, 2.05) is 79.7 Å². The zero-order chi connectivity index (χ0) is 17.2. The van der Waals surface area contributed by atoms with E-state index in [-0.39, 0.29) is 6.04 Å². The van der Waals surface area contributed by atoms with Gasteiger partial charge >= 0.3 is 0 Å². The fraction of sp³-hybridized carbons (Fsp3) is 0.100. The van der Waals surface area contributed by atoms with Gasteiger partial charge < -0.3 is 8.92 Å². The summed E-state index contributed by atoms with van der Waals surface area (Å²) in [5.41, 5.74) is 2.91. The zero-order valence-corrected chi connectivity index (χ0v) is 14.5. The molecule has 1 heterocycles. The van der Waals surface area contributed by atoms with Gasteiger partial charge in [0.2, 0.25) is 0 Å². The van der Waals surface area contributed by atoms with Crippen LogP contribution in [-0.2, 0) is 11.3 Å². The van der Waals surface area contributed by atoms with Crippen LogP contribution in [0.2, 0.25) is 0 Å². The third-order valence-corrected chi connectivity index (χ3v) is 4.95. The molecule has 1 aliphatic heterocycles. The fourth-order valence-electron chi connectivity index (χ4n) is 2.85. The third kappa shape index (κ3) is 3.29. The van der Waals surface area contributed by atoms with E-state index in [4.69, 9.17) is 8.92 Å². The number of hydrogen-bond donors (Lipinski definition) is 1. The maximum atomic E-state index is 11.8. The summed E-state index contributed by atoms with van der Waals surface area (Å²) in [7, 11) is 0. The Morgan fingerprint density at radius 1 is 0.920 bits per heavy atom. The van der Waals surface area contributed by atoms with E-state index in [9.17, 15) is 4.21 Å². The lowest BCUT2D eigenvalue weighted by molar-refractivity contribution is 0.482. The van der Waals surface area contributed by atoms with Crippen molar-refractivity contribution in [2.24, 2.45) is 0 Å². The molecule has 0 aliphatic carbocycles. The van der Waals surface area contributed by atoms with E-state index >= 15 is 0 Å². The van der Waals surface area contributed by atoms with Crippen LogP contribution < -0.4 is 13.6 Å². The molecule has 0 radical (unpaired) electrons. The van der Waals surface area contributed by atoms with Crippen molar-refractivity contribution in [1.29, 1.82) is 0 Å². The van der Waals surface area contributed by atoms with E-state index in [0.717, 1.165) is 28.2 Å². The number of para-hydroxylation sites is 2. The number of fused-ring (bicyclic) bond motifs is 1. The number of nitrogens with one attached hydrogen (secondary N) is 1. The number of benzene rings is 3. The number of ether oxygens (including phenoxy) is 1. The van der Waals surface area contributed by atoms with Crippen LogP contribution >= 0.6 is 0 Å². The largest absolute Gasteiger partial charge is 0.457 e. The molecule has 4 nitrogen and oxygen atoms in total. The Morgan fingerprint density at radius 2 is 1.64 bits per heavy atom. The minimum atomic E-state index is -1.52. The Balaban J connectivity index is 1.65. The molecule has 126 valence electrons. The number of hydrogen-bond acceptors (Lipinski definition) is 3. The van der Waals surface area contributed by atoms with Crippen molar-refractivity contribution in [3.63, 3.8) is 0 Å². The van der Waals surface area contributed by atoms with Gasteiger partial charge in [-0.15, -0.1) is 0 Å². The van der Waals surface area contributed by atoms with E-state index in [2.05, 4.69) is 4.72 Å². The lowest BCUT2D eigenvalue weighted by atomic mass is 9.98. The maximum absolute atomic E-state index is 11.8. The van der Waals surface area contributed by atoms with Crippen LogP contribution in [0.3, 0.4) is 0 Å². The van der Waals surface area contributed by atoms with Gasteiger partial charge in [0.15, 0.2) is 5.75 Å². The first-order chi connectivity index (χ1) is 12.2. The molecule has 25 heavy (non-hydrogen) atoms. The van der Waals surface area contributed by atoms with Gasteiger partial charge in [-0.2, -0.15) is 8.93 Å². The van der Waals surface area contributed by atoms with E-state index in [0.29, 0.717) is 5.75 Å². The molecule has 0 bridgehead atoms. The molecule has 2 unspecified atom stereocenters. The Morgan fingerprint density at radius 3 is 2.40 bits per heavy atom. The first-order valence-electron chi connectivity index (χ1n) is 8.03. The second kappa shape index (κ2) is 6.70. The highest BCUT2D eigenvalue weighted by Gasteiger charge is 2.25. The Bertz CT molecular complexity index is 910. The van der Waals surface area contributed by atoms with Gasteiger partial charge in [-0.25, -0.2) is 0 Å². The van der Waals surface area contributed by atoms with Gasteiger partial charge in [0.1, 0.15) is 11.5 Å². The summed E-state index contributed by atoms with van der Waals surface area (Å²) in [6, 6.07) is 23.4. The summed E-state index contributed by atoms with van der Waals surface area (Å²) in [5, 5.41) is 0. The molecular formula is C20H17NO3S.